The van der Waals surface area contributed by atoms with Gasteiger partial charge in [0.15, 0.2) is 0 Å². The molecule has 0 radical (unpaired) electrons. The monoisotopic (exact) mass is 277 g/mol. The van der Waals surface area contributed by atoms with E-state index in [1.54, 1.807) is 6.20 Å². The van der Waals surface area contributed by atoms with Crippen LogP contribution in [0.15, 0.2) is 66.9 Å². The van der Waals surface area contributed by atoms with Crippen molar-refractivity contribution in [3.63, 3.8) is 0 Å². The molecule has 0 aliphatic heterocycles. The van der Waals surface area contributed by atoms with Crippen molar-refractivity contribution in [2.45, 2.75) is 25.4 Å². The fourth-order valence-electron chi connectivity index (χ4n) is 2.72. The Morgan fingerprint density at radius 1 is 1.00 bits per heavy atom. The minimum Gasteiger partial charge on any atom is -0.385 e. The Bertz CT molecular complexity index is 739. The molecule has 0 spiro atoms. The molecule has 0 saturated carbocycles. The molecule has 1 atom stereocenters. The summed E-state index contributed by atoms with van der Waals surface area (Å²) in [5, 5.41) is 12.2. The highest BCUT2D eigenvalue weighted by Gasteiger charge is 2.27. The van der Waals surface area contributed by atoms with Crippen molar-refractivity contribution in [2.75, 3.05) is 0 Å². The number of aromatic nitrogens is 1. The third kappa shape index (κ3) is 2.81. The van der Waals surface area contributed by atoms with E-state index in [1.807, 2.05) is 55.5 Å². The van der Waals surface area contributed by atoms with E-state index in [1.165, 1.54) is 0 Å². The maximum atomic E-state index is 11.1. The normalized spacial score (nSPS) is 14.0. The topological polar surface area (TPSA) is 33.1 Å². The summed E-state index contributed by atoms with van der Waals surface area (Å²) in [6.45, 7) is 2.02. The number of fused-ring (bicyclic) bond motifs is 1. The lowest BCUT2D eigenvalue weighted by atomic mass is 9.84. The van der Waals surface area contributed by atoms with Gasteiger partial charge in [0.1, 0.15) is 0 Å². The van der Waals surface area contributed by atoms with E-state index in [0.717, 1.165) is 22.0 Å². The van der Waals surface area contributed by atoms with Crippen molar-refractivity contribution in [3.05, 3.63) is 78.0 Å². The van der Waals surface area contributed by atoms with Crippen LogP contribution in [0.1, 0.15) is 24.5 Å². The minimum absolute atomic E-state index is 0.614. The van der Waals surface area contributed by atoms with Gasteiger partial charge in [-0.05, 0) is 29.7 Å². The van der Waals surface area contributed by atoms with Gasteiger partial charge in [0.25, 0.3) is 0 Å². The second kappa shape index (κ2) is 5.66. The largest absolute Gasteiger partial charge is 0.385 e. The van der Waals surface area contributed by atoms with Gasteiger partial charge >= 0.3 is 0 Å². The first-order valence-corrected chi connectivity index (χ1v) is 7.33. The molecule has 0 fully saturated rings. The first kappa shape index (κ1) is 13.8. The summed E-state index contributed by atoms with van der Waals surface area (Å²) in [6.07, 6.45) is 3.07. The zero-order valence-electron chi connectivity index (χ0n) is 12.2. The van der Waals surface area contributed by atoms with Crippen LogP contribution in [0.2, 0.25) is 0 Å². The number of nitrogens with zero attached hydrogens (tertiary/aromatic N) is 1. The number of hydrogen-bond acceptors (Lipinski definition) is 2. The van der Waals surface area contributed by atoms with Gasteiger partial charge in [-0.25, -0.2) is 0 Å². The van der Waals surface area contributed by atoms with Gasteiger partial charge in [0.2, 0.25) is 0 Å². The summed E-state index contributed by atoms with van der Waals surface area (Å²) in [5.74, 6) is 0. The Kier molecular flexibility index (Phi) is 3.72. The second-order valence-corrected chi connectivity index (χ2v) is 5.46. The van der Waals surface area contributed by atoms with Crippen molar-refractivity contribution >= 4 is 10.9 Å². The molecule has 1 heterocycles. The molecule has 2 aromatic carbocycles. The molecular formula is C19H19NO. The predicted molar refractivity (Wildman–Crippen MR) is 86.1 cm³/mol. The molecule has 3 rings (SSSR count). The highest BCUT2D eigenvalue weighted by molar-refractivity contribution is 5.79. The highest BCUT2D eigenvalue weighted by Crippen LogP contribution is 2.30. The SMILES string of the molecule is CCC(O)(Cc1ccccc1)c1ccc2cccnc2c1. The number of hydrogen-bond donors (Lipinski definition) is 1. The lowest BCUT2D eigenvalue weighted by molar-refractivity contribution is 0.0328. The molecule has 21 heavy (non-hydrogen) atoms. The third-order valence-electron chi connectivity index (χ3n) is 4.07. The quantitative estimate of drug-likeness (QED) is 0.779. The summed E-state index contributed by atoms with van der Waals surface area (Å²) in [6, 6.07) is 20.1. The highest BCUT2D eigenvalue weighted by atomic mass is 16.3. The van der Waals surface area contributed by atoms with Gasteiger partial charge in [-0.3, -0.25) is 4.98 Å². The molecule has 0 bridgehead atoms. The molecule has 2 nitrogen and oxygen atoms in total. The number of benzene rings is 2. The number of rotatable bonds is 4. The summed E-state index contributed by atoms with van der Waals surface area (Å²) in [5.41, 5.74) is 2.14. The molecule has 0 amide bonds. The van der Waals surface area contributed by atoms with Crippen LogP contribution in [-0.2, 0) is 12.0 Å². The first-order chi connectivity index (χ1) is 10.2. The first-order valence-electron chi connectivity index (χ1n) is 7.33. The van der Waals surface area contributed by atoms with Crippen LogP contribution in [-0.4, -0.2) is 10.1 Å². The smallest absolute Gasteiger partial charge is 0.0934 e. The molecule has 0 aliphatic carbocycles. The average Bonchev–Trinajstić information content (AvgIpc) is 2.55. The summed E-state index contributed by atoms with van der Waals surface area (Å²) in [7, 11) is 0. The van der Waals surface area contributed by atoms with E-state index in [0.29, 0.717) is 12.8 Å². The van der Waals surface area contributed by atoms with Crippen molar-refractivity contribution < 1.29 is 5.11 Å². The minimum atomic E-state index is -0.854. The molecule has 1 N–H and O–H groups in total. The maximum absolute atomic E-state index is 11.1. The van der Waals surface area contributed by atoms with E-state index in [-0.39, 0.29) is 0 Å². The Morgan fingerprint density at radius 2 is 1.81 bits per heavy atom. The molecule has 1 unspecified atom stereocenters. The van der Waals surface area contributed by atoms with Crippen LogP contribution in [0, 0.1) is 0 Å². The van der Waals surface area contributed by atoms with Crippen LogP contribution >= 0.6 is 0 Å². The van der Waals surface area contributed by atoms with E-state index in [2.05, 4.69) is 17.1 Å². The van der Waals surface area contributed by atoms with Crippen LogP contribution in [0.25, 0.3) is 10.9 Å². The summed E-state index contributed by atoms with van der Waals surface area (Å²) >= 11 is 0. The summed E-state index contributed by atoms with van der Waals surface area (Å²) < 4.78 is 0. The maximum Gasteiger partial charge on any atom is 0.0934 e. The number of pyridine rings is 1. The Labute approximate surface area is 125 Å². The molecular weight excluding hydrogens is 258 g/mol. The van der Waals surface area contributed by atoms with Crippen molar-refractivity contribution in [3.8, 4) is 0 Å². The van der Waals surface area contributed by atoms with Gasteiger partial charge in [-0.15, -0.1) is 0 Å². The van der Waals surface area contributed by atoms with Gasteiger partial charge < -0.3 is 5.11 Å². The molecule has 1 aromatic heterocycles. The summed E-state index contributed by atoms with van der Waals surface area (Å²) in [4.78, 5) is 4.39. The Morgan fingerprint density at radius 3 is 2.57 bits per heavy atom. The molecule has 0 saturated heterocycles. The second-order valence-electron chi connectivity index (χ2n) is 5.46. The van der Waals surface area contributed by atoms with Crippen LogP contribution in [0.5, 0.6) is 0 Å². The Hall–Kier alpha value is -2.19. The third-order valence-corrected chi connectivity index (χ3v) is 4.07. The van der Waals surface area contributed by atoms with Crippen LogP contribution in [0.4, 0.5) is 0 Å². The zero-order valence-corrected chi connectivity index (χ0v) is 12.2. The van der Waals surface area contributed by atoms with Crippen molar-refractivity contribution in [2.24, 2.45) is 0 Å². The molecule has 0 aliphatic rings. The van der Waals surface area contributed by atoms with Gasteiger partial charge in [0, 0.05) is 18.0 Å². The van der Waals surface area contributed by atoms with E-state index < -0.39 is 5.60 Å². The Balaban J connectivity index is 2.00. The fraction of sp³-hybridized carbons (Fsp3) is 0.211. The van der Waals surface area contributed by atoms with E-state index in [9.17, 15) is 5.11 Å². The van der Waals surface area contributed by atoms with Gasteiger partial charge in [-0.1, -0.05) is 55.5 Å². The zero-order chi connectivity index (χ0) is 14.7. The number of aliphatic hydroxyl groups is 1. The van der Waals surface area contributed by atoms with Crippen molar-refractivity contribution in [1.82, 2.24) is 4.98 Å². The van der Waals surface area contributed by atoms with E-state index >= 15 is 0 Å². The van der Waals surface area contributed by atoms with Crippen molar-refractivity contribution in [1.29, 1.82) is 0 Å². The average molecular weight is 277 g/mol. The molecule has 2 heteroatoms. The molecule has 106 valence electrons. The lowest BCUT2D eigenvalue weighted by Gasteiger charge is -2.28. The van der Waals surface area contributed by atoms with Crippen LogP contribution < -0.4 is 0 Å². The molecule has 3 aromatic rings. The lowest BCUT2D eigenvalue weighted by Crippen LogP contribution is -2.27. The van der Waals surface area contributed by atoms with Crippen LogP contribution in [0.3, 0.4) is 0 Å². The predicted octanol–water partition coefficient (Wildman–Crippen LogP) is 4.08. The van der Waals surface area contributed by atoms with E-state index in [4.69, 9.17) is 0 Å². The van der Waals surface area contributed by atoms with Gasteiger partial charge in [-0.2, -0.15) is 0 Å². The fourth-order valence-corrected chi connectivity index (χ4v) is 2.72. The standard InChI is InChI=1S/C19H19NO/c1-2-19(21,14-15-7-4-3-5-8-15)17-11-10-16-9-6-12-20-18(16)13-17/h3-13,21H,2,14H2,1H3. The van der Waals surface area contributed by atoms with Gasteiger partial charge in [0.05, 0.1) is 11.1 Å².